The molecule has 54 valence electrons. The second-order valence-corrected chi connectivity index (χ2v) is 2.43. The summed E-state index contributed by atoms with van der Waals surface area (Å²) in [5.41, 5.74) is 2.34. The molecule has 0 aromatic heterocycles. The van der Waals surface area contributed by atoms with Crippen LogP contribution in [0.3, 0.4) is 0 Å². The van der Waals surface area contributed by atoms with Crippen molar-refractivity contribution >= 4 is 23.4 Å². The fraction of sp³-hybridized carbons (Fsp3) is 0.333. The maximum absolute atomic E-state index is 8.69. The number of hydrazine groups is 2. The molecular weight excluding hydrogens is 188 g/mol. The monoisotopic (exact) mass is 193 g/mol. The molecule has 0 saturated heterocycles. The van der Waals surface area contributed by atoms with Crippen molar-refractivity contribution < 1.29 is 36.2 Å². The smallest absolute Gasteiger partial charge is 1.00 e. The largest absolute Gasteiger partial charge is 1.00 e. The number of rotatable bonds is 0. The van der Waals surface area contributed by atoms with Crippen LogP contribution in [-0.2, 0) is 0 Å². The minimum absolute atomic E-state index is 0. The van der Waals surface area contributed by atoms with E-state index in [2.05, 4.69) is 5.53 Å². The van der Waals surface area contributed by atoms with Gasteiger partial charge in [-0.1, -0.05) is 11.6 Å². The van der Waals surface area contributed by atoms with Crippen LogP contribution >= 0.6 is 23.4 Å². The Morgan fingerprint density at radius 1 is 1.80 bits per heavy atom. The van der Waals surface area contributed by atoms with Gasteiger partial charge in [-0.25, -0.2) is 0 Å². The van der Waals surface area contributed by atoms with Crippen molar-refractivity contribution in [1.82, 2.24) is 15.2 Å². The van der Waals surface area contributed by atoms with Crippen molar-refractivity contribution in [3.8, 4) is 0 Å². The van der Waals surface area contributed by atoms with E-state index in [1.165, 1.54) is 6.20 Å². The Morgan fingerprint density at radius 2 is 2.40 bits per heavy atom. The van der Waals surface area contributed by atoms with Crippen LogP contribution in [0.1, 0.15) is 1.43 Å². The zero-order chi connectivity index (χ0) is 6.85. The van der Waals surface area contributed by atoms with Gasteiger partial charge in [0.25, 0.3) is 0 Å². The molecule has 0 fully saturated rings. The fourth-order valence-corrected chi connectivity index (χ4v) is 0.961. The van der Waals surface area contributed by atoms with E-state index in [0.717, 1.165) is 4.53 Å². The Hall–Kier alpha value is 1.00. The molecule has 0 unspecified atom stereocenters. The van der Waals surface area contributed by atoms with Gasteiger partial charge >= 0.3 is 29.6 Å². The fourth-order valence-electron chi connectivity index (χ4n) is 0.482. The second kappa shape index (κ2) is 4.79. The van der Waals surface area contributed by atoms with Gasteiger partial charge in [-0.2, -0.15) is 5.17 Å². The van der Waals surface area contributed by atoms with Crippen LogP contribution in [0.5, 0.6) is 0 Å². The molecule has 1 heterocycles. The van der Waals surface area contributed by atoms with Gasteiger partial charge in [-0.3, -0.25) is 5.21 Å². The summed E-state index contributed by atoms with van der Waals surface area (Å²) in [6.07, 6.45) is 1.32. The third-order valence-corrected chi connectivity index (χ3v) is 1.18. The topological polar surface area (TPSA) is 38.7 Å². The van der Waals surface area contributed by atoms with Gasteiger partial charge in [0.1, 0.15) is 0 Å². The summed E-state index contributed by atoms with van der Waals surface area (Å²) >= 11 is 10.9. The van der Waals surface area contributed by atoms with Crippen LogP contribution in [-0.4, -0.2) is 21.5 Å². The second-order valence-electron chi connectivity index (χ2n) is 1.54. The van der Waals surface area contributed by atoms with Crippen molar-refractivity contribution in [2.45, 2.75) is 0 Å². The molecule has 2 N–H and O–H groups in total. The SMILES string of the molecule is ON1C=C(Cl)CN(Cl)N1.[H-].[Na+]. The van der Waals surface area contributed by atoms with Crippen LogP contribution in [0.2, 0.25) is 0 Å². The average molecular weight is 194 g/mol. The number of nitrogens with one attached hydrogen (secondary N) is 1. The van der Waals surface area contributed by atoms with Crippen molar-refractivity contribution in [3.63, 3.8) is 0 Å². The average Bonchev–Trinajstić information content (AvgIpc) is 1.59. The van der Waals surface area contributed by atoms with E-state index in [-0.39, 0.29) is 31.0 Å². The van der Waals surface area contributed by atoms with Crippen molar-refractivity contribution in [2.75, 3.05) is 6.54 Å². The maximum atomic E-state index is 8.69. The number of hydrogen-bond acceptors (Lipinski definition) is 4. The summed E-state index contributed by atoms with van der Waals surface area (Å²) < 4.78 is 1.13. The van der Waals surface area contributed by atoms with Crippen LogP contribution in [0.15, 0.2) is 11.2 Å². The van der Waals surface area contributed by atoms with Crippen molar-refractivity contribution in [1.29, 1.82) is 0 Å². The number of nitrogens with zero attached hydrogens (tertiary/aromatic N) is 2. The van der Waals surface area contributed by atoms with Crippen LogP contribution in [0.4, 0.5) is 0 Å². The third-order valence-electron chi connectivity index (χ3n) is 0.763. The zero-order valence-electron chi connectivity index (χ0n) is 6.38. The molecule has 0 radical (unpaired) electrons. The van der Waals surface area contributed by atoms with Crippen LogP contribution in [0.25, 0.3) is 0 Å². The predicted molar refractivity (Wildman–Crippen MR) is 34.4 cm³/mol. The molecule has 0 aromatic rings. The van der Waals surface area contributed by atoms with Gasteiger partial charge in [0.05, 0.1) is 17.8 Å². The normalized spacial score (nSPS) is 19.9. The van der Waals surface area contributed by atoms with E-state index >= 15 is 0 Å². The van der Waals surface area contributed by atoms with Gasteiger partial charge in [0, 0.05) is 0 Å². The first-order valence-electron chi connectivity index (χ1n) is 2.22. The van der Waals surface area contributed by atoms with Gasteiger partial charge in [0.2, 0.25) is 0 Å². The Labute approximate surface area is 92.1 Å². The van der Waals surface area contributed by atoms with E-state index in [1.807, 2.05) is 0 Å². The molecule has 1 aliphatic heterocycles. The Balaban J connectivity index is 0. The predicted octanol–water partition coefficient (Wildman–Crippen LogP) is -2.24. The first-order chi connectivity index (χ1) is 4.18. The van der Waals surface area contributed by atoms with E-state index in [0.29, 0.717) is 16.7 Å². The van der Waals surface area contributed by atoms with E-state index < -0.39 is 0 Å². The minimum atomic E-state index is 0. The Kier molecular flexibility index (Phi) is 5.27. The maximum Gasteiger partial charge on any atom is 1.00 e. The van der Waals surface area contributed by atoms with Crippen LogP contribution < -0.4 is 35.1 Å². The van der Waals surface area contributed by atoms with E-state index in [9.17, 15) is 0 Å². The quantitative estimate of drug-likeness (QED) is 0.338. The molecule has 0 saturated carbocycles. The van der Waals surface area contributed by atoms with Crippen molar-refractivity contribution in [2.24, 2.45) is 0 Å². The summed E-state index contributed by atoms with van der Waals surface area (Å²) in [5.74, 6) is 0. The van der Waals surface area contributed by atoms with Crippen molar-refractivity contribution in [3.05, 3.63) is 11.2 Å². The summed E-state index contributed by atoms with van der Waals surface area (Å²) in [5, 5.41) is 9.83. The first kappa shape index (κ1) is 11.0. The molecule has 4 nitrogen and oxygen atoms in total. The van der Waals surface area contributed by atoms with Gasteiger partial charge in [-0.15, -0.1) is 10.1 Å². The molecule has 7 heteroatoms. The molecular formula is C3H6Cl2N3NaO. The summed E-state index contributed by atoms with van der Waals surface area (Å²) in [4.78, 5) is 0. The van der Waals surface area contributed by atoms with Gasteiger partial charge < -0.3 is 1.43 Å². The van der Waals surface area contributed by atoms with Gasteiger partial charge in [-0.05, 0) is 11.8 Å². The van der Waals surface area contributed by atoms with Gasteiger partial charge in [0.15, 0.2) is 0 Å². The molecule has 0 amide bonds. The molecule has 0 atom stereocenters. The molecule has 0 spiro atoms. The standard InChI is InChI=1S/C3H5Cl2N3O.Na.H/c4-3-1-7(5)6-8(9)2-3;;/h2,6,9H,1H2;;/q;+1;-1. The van der Waals surface area contributed by atoms with E-state index in [4.69, 9.17) is 28.6 Å². The molecule has 1 aliphatic rings. The third kappa shape index (κ3) is 3.41. The summed E-state index contributed by atoms with van der Waals surface area (Å²) in [6.45, 7) is 0.375. The summed E-state index contributed by atoms with van der Waals surface area (Å²) in [7, 11) is 0. The molecule has 10 heavy (non-hydrogen) atoms. The Bertz CT molecular complexity index is 149. The molecule has 0 aromatic carbocycles. The molecule has 1 rings (SSSR count). The number of hydrogen-bond donors (Lipinski definition) is 2. The molecule has 0 bridgehead atoms. The molecule has 0 aliphatic carbocycles. The zero-order valence-corrected chi connectivity index (χ0v) is 8.89. The Morgan fingerprint density at radius 3 is 2.80 bits per heavy atom. The summed E-state index contributed by atoms with van der Waals surface area (Å²) in [6, 6.07) is 0. The van der Waals surface area contributed by atoms with Crippen LogP contribution in [0, 0.1) is 0 Å². The van der Waals surface area contributed by atoms with E-state index in [1.54, 1.807) is 0 Å². The minimum Gasteiger partial charge on any atom is -1.00 e. The number of hydroxylamine groups is 1. The first-order valence-corrected chi connectivity index (χ1v) is 2.94. The number of halogens is 2.